The third-order valence-corrected chi connectivity index (χ3v) is 3.70. The van der Waals surface area contributed by atoms with Gasteiger partial charge in [0.15, 0.2) is 0 Å². The number of hydrogen-bond acceptors (Lipinski definition) is 1. The number of benzene rings is 1. The van der Waals surface area contributed by atoms with Gasteiger partial charge in [0.05, 0.1) is 0 Å². The first-order valence-electron chi connectivity index (χ1n) is 7.62. The first-order chi connectivity index (χ1) is 9.13. The Morgan fingerprint density at radius 1 is 1.05 bits per heavy atom. The van der Waals surface area contributed by atoms with Crippen LogP contribution in [0.15, 0.2) is 24.3 Å². The topological polar surface area (TPSA) is 12.0 Å². The van der Waals surface area contributed by atoms with Gasteiger partial charge >= 0.3 is 0 Å². The second-order valence-corrected chi connectivity index (χ2v) is 6.17. The molecule has 0 heterocycles. The highest BCUT2D eigenvalue weighted by atomic mass is 35.5. The van der Waals surface area contributed by atoms with Crippen molar-refractivity contribution < 1.29 is 0 Å². The fraction of sp³-hybridized carbons (Fsp3) is 0.647. The van der Waals surface area contributed by atoms with Crippen LogP contribution in [-0.4, -0.2) is 6.54 Å². The van der Waals surface area contributed by atoms with E-state index < -0.39 is 0 Å². The molecule has 0 amide bonds. The molecule has 19 heavy (non-hydrogen) atoms. The maximum atomic E-state index is 5.95. The number of halogens is 1. The second-order valence-electron chi connectivity index (χ2n) is 5.74. The number of hydrogen-bond donors (Lipinski definition) is 1. The van der Waals surface area contributed by atoms with Crippen LogP contribution in [0.5, 0.6) is 0 Å². The van der Waals surface area contributed by atoms with Crippen LogP contribution in [0.25, 0.3) is 0 Å². The van der Waals surface area contributed by atoms with Gasteiger partial charge in [0.2, 0.25) is 0 Å². The zero-order chi connectivity index (χ0) is 14.1. The minimum absolute atomic E-state index is 0.473. The minimum atomic E-state index is 0.473. The summed E-state index contributed by atoms with van der Waals surface area (Å²) >= 11 is 5.95. The molecule has 0 aromatic heterocycles. The van der Waals surface area contributed by atoms with Gasteiger partial charge in [-0.2, -0.15) is 0 Å². The SMILES string of the molecule is CCCC(NCCCCC(C)C)c1ccc(Cl)cc1. The van der Waals surface area contributed by atoms with E-state index in [1.165, 1.54) is 37.7 Å². The maximum Gasteiger partial charge on any atom is 0.0406 e. The molecule has 0 aliphatic carbocycles. The second kappa shape index (κ2) is 9.39. The molecule has 1 unspecified atom stereocenters. The lowest BCUT2D eigenvalue weighted by atomic mass is 10.0. The van der Waals surface area contributed by atoms with Crippen LogP contribution in [0.2, 0.25) is 5.02 Å². The van der Waals surface area contributed by atoms with E-state index in [-0.39, 0.29) is 0 Å². The quantitative estimate of drug-likeness (QED) is 0.581. The standard InChI is InChI=1S/C17H28ClN/c1-4-7-17(15-9-11-16(18)12-10-15)19-13-6-5-8-14(2)3/h9-12,14,17,19H,4-8,13H2,1-3H3. The summed E-state index contributed by atoms with van der Waals surface area (Å²) in [6.45, 7) is 7.94. The lowest BCUT2D eigenvalue weighted by Gasteiger charge is -2.19. The molecule has 0 spiro atoms. The normalized spacial score (nSPS) is 12.9. The number of unbranched alkanes of at least 4 members (excludes halogenated alkanes) is 1. The van der Waals surface area contributed by atoms with E-state index >= 15 is 0 Å². The van der Waals surface area contributed by atoms with E-state index in [0.29, 0.717) is 6.04 Å². The monoisotopic (exact) mass is 281 g/mol. The van der Waals surface area contributed by atoms with Crippen LogP contribution in [-0.2, 0) is 0 Å². The van der Waals surface area contributed by atoms with Crippen LogP contribution in [0, 0.1) is 5.92 Å². The van der Waals surface area contributed by atoms with Crippen LogP contribution in [0.4, 0.5) is 0 Å². The number of nitrogens with one attached hydrogen (secondary N) is 1. The fourth-order valence-corrected chi connectivity index (χ4v) is 2.45. The summed E-state index contributed by atoms with van der Waals surface area (Å²) in [5, 5.41) is 4.50. The van der Waals surface area contributed by atoms with E-state index in [0.717, 1.165) is 17.5 Å². The van der Waals surface area contributed by atoms with Crippen molar-refractivity contribution in [2.75, 3.05) is 6.54 Å². The highest BCUT2D eigenvalue weighted by molar-refractivity contribution is 6.30. The van der Waals surface area contributed by atoms with Gasteiger partial charge < -0.3 is 5.32 Å². The van der Waals surface area contributed by atoms with Crippen molar-refractivity contribution in [3.8, 4) is 0 Å². The van der Waals surface area contributed by atoms with Gasteiger partial charge in [0, 0.05) is 11.1 Å². The summed E-state index contributed by atoms with van der Waals surface area (Å²) in [6, 6.07) is 8.73. The van der Waals surface area contributed by atoms with Crippen molar-refractivity contribution in [2.45, 2.75) is 58.9 Å². The van der Waals surface area contributed by atoms with Gasteiger partial charge in [-0.05, 0) is 43.0 Å². The molecule has 1 atom stereocenters. The van der Waals surface area contributed by atoms with Crippen LogP contribution >= 0.6 is 11.6 Å². The van der Waals surface area contributed by atoms with Gasteiger partial charge in [-0.25, -0.2) is 0 Å². The summed E-state index contributed by atoms with van der Waals surface area (Å²) < 4.78 is 0. The largest absolute Gasteiger partial charge is 0.310 e. The molecule has 0 fully saturated rings. The number of rotatable bonds is 9. The lowest BCUT2D eigenvalue weighted by Crippen LogP contribution is -2.22. The predicted molar refractivity (Wildman–Crippen MR) is 85.8 cm³/mol. The van der Waals surface area contributed by atoms with Crippen LogP contribution < -0.4 is 5.32 Å². The Morgan fingerprint density at radius 3 is 2.32 bits per heavy atom. The summed E-state index contributed by atoms with van der Waals surface area (Å²) in [5.74, 6) is 0.822. The Morgan fingerprint density at radius 2 is 1.74 bits per heavy atom. The molecule has 1 nitrogen and oxygen atoms in total. The molecule has 0 aliphatic heterocycles. The van der Waals surface area contributed by atoms with Crippen molar-refractivity contribution in [2.24, 2.45) is 5.92 Å². The third-order valence-electron chi connectivity index (χ3n) is 3.45. The van der Waals surface area contributed by atoms with Crippen molar-refractivity contribution in [3.63, 3.8) is 0 Å². The molecule has 0 saturated carbocycles. The Bertz CT molecular complexity index is 332. The van der Waals surface area contributed by atoms with Crippen molar-refractivity contribution in [3.05, 3.63) is 34.9 Å². The van der Waals surface area contributed by atoms with Gasteiger partial charge in [-0.3, -0.25) is 0 Å². The molecule has 0 radical (unpaired) electrons. The molecule has 0 bridgehead atoms. The van der Waals surface area contributed by atoms with Crippen LogP contribution in [0.1, 0.15) is 64.5 Å². The van der Waals surface area contributed by atoms with Gasteiger partial charge in [-0.15, -0.1) is 0 Å². The molecule has 0 saturated heterocycles. The molecule has 1 aromatic carbocycles. The van der Waals surface area contributed by atoms with Crippen molar-refractivity contribution in [1.82, 2.24) is 5.32 Å². The summed E-state index contributed by atoms with van der Waals surface area (Å²) in [5.41, 5.74) is 1.36. The Labute approximate surface area is 123 Å². The molecule has 108 valence electrons. The van der Waals surface area contributed by atoms with Crippen LogP contribution in [0.3, 0.4) is 0 Å². The molecule has 1 N–H and O–H groups in total. The lowest BCUT2D eigenvalue weighted by molar-refractivity contribution is 0.463. The minimum Gasteiger partial charge on any atom is -0.310 e. The summed E-state index contributed by atoms with van der Waals surface area (Å²) in [7, 11) is 0. The summed E-state index contributed by atoms with van der Waals surface area (Å²) in [6.07, 6.45) is 6.31. The Balaban J connectivity index is 2.38. The van der Waals surface area contributed by atoms with Crippen molar-refractivity contribution >= 4 is 11.6 Å². The molecule has 0 aliphatic rings. The molecular formula is C17H28ClN. The van der Waals surface area contributed by atoms with Gasteiger partial charge in [0.25, 0.3) is 0 Å². The van der Waals surface area contributed by atoms with E-state index in [1.807, 2.05) is 12.1 Å². The summed E-state index contributed by atoms with van der Waals surface area (Å²) in [4.78, 5) is 0. The average molecular weight is 282 g/mol. The van der Waals surface area contributed by atoms with Gasteiger partial charge in [-0.1, -0.05) is 63.8 Å². The first kappa shape index (κ1) is 16.5. The highest BCUT2D eigenvalue weighted by Crippen LogP contribution is 2.20. The zero-order valence-corrected chi connectivity index (χ0v) is 13.3. The Hall–Kier alpha value is -0.530. The Kier molecular flexibility index (Phi) is 8.16. The maximum absolute atomic E-state index is 5.95. The fourth-order valence-electron chi connectivity index (χ4n) is 2.32. The molecule has 2 heteroatoms. The van der Waals surface area contributed by atoms with E-state index in [4.69, 9.17) is 11.6 Å². The zero-order valence-electron chi connectivity index (χ0n) is 12.6. The molecule has 1 aromatic rings. The van der Waals surface area contributed by atoms with E-state index in [2.05, 4.69) is 38.2 Å². The van der Waals surface area contributed by atoms with E-state index in [1.54, 1.807) is 0 Å². The highest BCUT2D eigenvalue weighted by Gasteiger charge is 2.09. The smallest absolute Gasteiger partial charge is 0.0406 e. The van der Waals surface area contributed by atoms with E-state index in [9.17, 15) is 0 Å². The molecular weight excluding hydrogens is 254 g/mol. The first-order valence-corrected chi connectivity index (χ1v) is 8.00. The third kappa shape index (κ3) is 6.98. The van der Waals surface area contributed by atoms with Gasteiger partial charge in [0.1, 0.15) is 0 Å². The average Bonchev–Trinajstić information content (AvgIpc) is 2.38. The van der Waals surface area contributed by atoms with Crippen molar-refractivity contribution in [1.29, 1.82) is 0 Å². The predicted octanol–water partition coefficient (Wildman–Crippen LogP) is 5.60. The molecule has 1 rings (SSSR count).